The van der Waals surface area contributed by atoms with E-state index in [9.17, 15) is 8.42 Å². The van der Waals surface area contributed by atoms with Crippen molar-refractivity contribution in [2.24, 2.45) is 0 Å². The summed E-state index contributed by atoms with van der Waals surface area (Å²) in [6.07, 6.45) is 0.717. The van der Waals surface area contributed by atoms with Crippen molar-refractivity contribution >= 4 is 9.84 Å². The maximum atomic E-state index is 11.8. The highest BCUT2D eigenvalue weighted by Gasteiger charge is 2.34. The standard InChI is InChI=1S/C18H21NO2S/c1-19(17-12-13-22(20,21)14-17)18(15-8-4-2-5-9-15)16-10-6-3-7-11-16/h2-11,17-18H,12-14H2,1H3/t17-/m1/s1. The fourth-order valence-corrected chi connectivity index (χ4v) is 5.03. The van der Waals surface area contributed by atoms with E-state index < -0.39 is 9.84 Å². The second-order valence-corrected chi connectivity index (χ2v) is 8.17. The van der Waals surface area contributed by atoms with E-state index >= 15 is 0 Å². The van der Waals surface area contributed by atoms with Crippen LogP contribution in [-0.4, -0.2) is 37.9 Å². The molecule has 3 nitrogen and oxygen atoms in total. The van der Waals surface area contributed by atoms with Gasteiger partial charge in [0.15, 0.2) is 9.84 Å². The van der Waals surface area contributed by atoms with Crippen molar-refractivity contribution < 1.29 is 8.42 Å². The fraction of sp³-hybridized carbons (Fsp3) is 0.333. The summed E-state index contributed by atoms with van der Waals surface area (Å²) in [5, 5.41) is 0. The first kappa shape index (κ1) is 15.3. The molecular formula is C18H21NO2S. The van der Waals surface area contributed by atoms with Crippen LogP contribution in [0.3, 0.4) is 0 Å². The molecule has 22 heavy (non-hydrogen) atoms. The molecule has 116 valence electrons. The van der Waals surface area contributed by atoms with Crippen molar-refractivity contribution in [1.29, 1.82) is 0 Å². The third-order valence-corrected chi connectivity index (χ3v) is 6.17. The minimum atomic E-state index is -2.88. The second-order valence-electron chi connectivity index (χ2n) is 5.95. The monoisotopic (exact) mass is 315 g/mol. The van der Waals surface area contributed by atoms with Crippen molar-refractivity contribution in [3.63, 3.8) is 0 Å². The van der Waals surface area contributed by atoms with Gasteiger partial charge in [-0.2, -0.15) is 0 Å². The van der Waals surface area contributed by atoms with Gasteiger partial charge in [-0.15, -0.1) is 0 Å². The van der Waals surface area contributed by atoms with E-state index in [-0.39, 0.29) is 17.8 Å². The van der Waals surface area contributed by atoms with Gasteiger partial charge in [0.05, 0.1) is 17.5 Å². The number of benzene rings is 2. The Morgan fingerprint density at radius 3 is 1.86 bits per heavy atom. The lowest BCUT2D eigenvalue weighted by Gasteiger charge is -2.33. The minimum Gasteiger partial charge on any atom is -0.291 e. The maximum absolute atomic E-state index is 11.8. The quantitative estimate of drug-likeness (QED) is 0.870. The molecule has 1 aliphatic heterocycles. The summed E-state index contributed by atoms with van der Waals surface area (Å²) in [5.41, 5.74) is 2.39. The first-order chi connectivity index (χ1) is 10.6. The molecule has 1 saturated heterocycles. The summed E-state index contributed by atoms with van der Waals surface area (Å²) in [5.74, 6) is 0.567. The van der Waals surface area contributed by atoms with E-state index in [1.807, 2.05) is 43.4 Å². The van der Waals surface area contributed by atoms with Gasteiger partial charge in [0, 0.05) is 6.04 Å². The van der Waals surface area contributed by atoms with Crippen LogP contribution in [0.5, 0.6) is 0 Å². The van der Waals surface area contributed by atoms with Crippen LogP contribution in [0.25, 0.3) is 0 Å². The molecule has 0 radical (unpaired) electrons. The van der Waals surface area contributed by atoms with Gasteiger partial charge in [-0.25, -0.2) is 8.42 Å². The molecule has 1 atom stereocenters. The van der Waals surface area contributed by atoms with Crippen molar-refractivity contribution in [2.45, 2.75) is 18.5 Å². The number of rotatable bonds is 4. The molecule has 0 saturated carbocycles. The summed E-state index contributed by atoms with van der Waals surface area (Å²) in [7, 11) is -0.842. The van der Waals surface area contributed by atoms with Gasteiger partial charge < -0.3 is 0 Å². The third-order valence-electron chi connectivity index (χ3n) is 4.42. The van der Waals surface area contributed by atoms with E-state index in [1.165, 1.54) is 11.1 Å². The molecule has 0 spiro atoms. The Bertz CT molecular complexity index is 674. The predicted octanol–water partition coefficient (Wildman–Crippen LogP) is 2.89. The minimum absolute atomic E-state index is 0.0791. The molecular weight excluding hydrogens is 294 g/mol. The smallest absolute Gasteiger partial charge is 0.151 e. The van der Waals surface area contributed by atoms with E-state index in [0.29, 0.717) is 5.75 Å². The Balaban J connectivity index is 1.96. The van der Waals surface area contributed by atoms with E-state index in [2.05, 4.69) is 29.2 Å². The number of sulfone groups is 1. The van der Waals surface area contributed by atoms with Crippen LogP contribution in [0.1, 0.15) is 23.6 Å². The topological polar surface area (TPSA) is 37.4 Å². The summed E-state index contributed by atoms with van der Waals surface area (Å²) in [6, 6.07) is 20.7. The van der Waals surface area contributed by atoms with Gasteiger partial charge in [-0.05, 0) is 24.6 Å². The van der Waals surface area contributed by atoms with Gasteiger partial charge in [0.2, 0.25) is 0 Å². The van der Waals surface area contributed by atoms with Crippen molar-refractivity contribution in [3.8, 4) is 0 Å². The lowest BCUT2D eigenvalue weighted by molar-refractivity contribution is 0.215. The van der Waals surface area contributed by atoms with Crippen LogP contribution in [0.2, 0.25) is 0 Å². The molecule has 0 N–H and O–H groups in total. The zero-order chi connectivity index (χ0) is 15.6. The molecule has 2 aromatic rings. The zero-order valence-electron chi connectivity index (χ0n) is 12.7. The van der Waals surface area contributed by atoms with Crippen LogP contribution in [0.4, 0.5) is 0 Å². The van der Waals surface area contributed by atoms with Gasteiger partial charge in [0.1, 0.15) is 0 Å². The molecule has 1 heterocycles. The zero-order valence-corrected chi connectivity index (χ0v) is 13.5. The van der Waals surface area contributed by atoms with Gasteiger partial charge in [-0.3, -0.25) is 4.90 Å². The van der Waals surface area contributed by atoms with Gasteiger partial charge in [-0.1, -0.05) is 60.7 Å². The first-order valence-corrected chi connectivity index (χ1v) is 9.41. The summed E-state index contributed by atoms with van der Waals surface area (Å²) in [6.45, 7) is 0. The van der Waals surface area contributed by atoms with Crippen LogP contribution < -0.4 is 0 Å². The number of nitrogens with zero attached hydrogens (tertiary/aromatic N) is 1. The van der Waals surface area contributed by atoms with Crippen LogP contribution in [-0.2, 0) is 9.84 Å². The normalized spacial score (nSPS) is 20.6. The molecule has 1 aliphatic rings. The Labute approximate surface area is 132 Å². The lowest BCUT2D eigenvalue weighted by Crippen LogP contribution is -2.36. The molecule has 0 amide bonds. The average molecular weight is 315 g/mol. The first-order valence-electron chi connectivity index (χ1n) is 7.59. The SMILES string of the molecule is CN(C(c1ccccc1)c1ccccc1)[C@@H]1CCS(=O)(=O)C1. The van der Waals surface area contributed by atoms with Crippen LogP contribution in [0, 0.1) is 0 Å². The summed E-state index contributed by atoms with van der Waals surface area (Å²) >= 11 is 0. The number of hydrogen-bond donors (Lipinski definition) is 0. The number of hydrogen-bond acceptors (Lipinski definition) is 3. The Hall–Kier alpha value is -1.65. The largest absolute Gasteiger partial charge is 0.291 e. The summed E-state index contributed by atoms with van der Waals surface area (Å²) < 4.78 is 23.6. The highest BCUT2D eigenvalue weighted by molar-refractivity contribution is 7.91. The van der Waals surface area contributed by atoms with Crippen molar-refractivity contribution in [3.05, 3.63) is 71.8 Å². The second kappa shape index (κ2) is 6.23. The predicted molar refractivity (Wildman–Crippen MR) is 89.5 cm³/mol. The van der Waals surface area contributed by atoms with Crippen molar-refractivity contribution in [1.82, 2.24) is 4.90 Å². The van der Waals surface area contributed by atoms with Crippen molar-refractivity contribution in [2.75, 3.05) is 18.6 Å². The molecule has 4 heteroatoms. The fourth-order valence-electron chi connectivity index (χ4n) is 3.24. The van der Waals surface area contributed by atoms with Crippen LogP contribution >= 0.6 is 0 Å². The maximum Gasteiger partial charge on any atom is 0.151 e. The molecule has 0 aromatic heterocycles. The van der Waals surface area contributed by atoms with Crippen LogP contribution in [0.15, 0.2) is 60.7 Å². The highest BCUT2D eigenvalue weighted by Crippen LogP contribution is 2.31. The van der Waals surface area contributed by atoms with E-state index in [1.54, 1.807) is 0 Å². The van der Waals surface area contributed by atoms with E-state index in [0.717, 1.165) is 6.42 Å². The third kappa shape index (κ3) is 3.23. The molecule has 0 bridgehead atoms. The molecule has 2 aromatic carbocycles. The van der Waals surface area contributed by atoms with E-state index in [4.69, 9.17) is 0 Å². The molecule has 1 fully saturated rings. The van der Waals surface area contributed by atoms with Gasteiger partial charge >= 0.3 is 0 Å². The highest BCUT2D eigenvalue weighted by atomic mass is 32.2. The lowest BCUT2D eigenvalue weighted by atomic mass is 9.96. The Morgan fingerprint density at radius 2 is 1.45 bits per heavy atom. The summed E-state index contributed by atoms with van der Waals surface area (Å²) in [4.78, 5) is 2.22. The molecule has 3 rings (SSSR count). The average Bonchev–Trinajstić information content (AvgIpc) is 2.90. The van der Waals surface area contributed by atoms with Gasteiger partial charge in [0.25, 0.3) is 0 Å². The molecule has 0 aliphatic carbocycles. The Morgan fingerprint density at radius 1 is 0.955 bits per heavy atom. The Kier molecular flexibility index (Phi) is 4.32. The molecule has 0 unspecified atom stereocenters.